The number of hydrogen-bond acceptors (Lipinski definition) is 5. The van der Waals surface area contributed by atoms with Gasteiger partial charge in [0, 0.05) is 24.8 Å². The summed E-state index contributed by atoms with van der Waals surface area (Å²) < 4.78 is 22.0. The van der Waals surface area contributed by atoms with Crippen LogP contribution < -0.4 is 0 Å². The molecule has 5 nitrogen and oxygen atoms in total. The summed E-state index contributed by atoms with van der Waals surface area (Å²) in [7, 11) is 0. The Morgan fingerprint density at radius 1 is 0.680 bits per heavy atom. The van der Waals surface area contributed by atoms with E-state index in [9.17, 15) is 5.11 Å². The number of rotatable bonds is 7. The standard InChI is InChI=1S/C20H18O5/c21-20(13-17-5-2-9-23-17,14-18-6-3-10-24-18)19-15(7-11-25-19)12-16-4-1-8-22-16/h1-11,21H,12-14H2. The molecule has 0 atom stereocenters. The topological polar surface area (TPSA) is 72.8 Å². The number of aliphatic hydroxyl groups is 1. The third kappa shape index (κ3) is 3.32. The highest BCUT2D eigenvalue weighted by atomic mass is 16.4. The highest BCUT2D eigenvalue weighted by molar-refractivity contribution is 5.29. The van der Waals surface area contributed by atoms with Crippen molar-refractivity contribution in [2.75, 3.05) is 0 Å². The van der Waals surface area contributed by atoms with Gasteiger partial charge in [-0.05, 0) is 42.5 Å². The minimum Gasteiger partial charge on any atom is -0.469 e. The second-order valence-corrected chi connectivity index (χ2v) is 6.07. The van der Waals surface area contributed by atoms with Crippen LogP contribution in [0.2, 0.25) is 0 Å². The van der Waals surface area contributed by atoms with Crippen LogP contribution in [0.5, 0.6) is 0 Å². The third-order valence-corrected chi connectivity index (χ3v) is 4.21. The fourth-order valence-electron chi connectivity index (χ4n) is 3.11. The van der Waals surface area contributed by atoms with E-state index in [2.05, 4.69) is 0 Å². The van der Waals surface area contributed by atoms with Crippen molar-refractivity contribution >= 4 is 0 Å². The molecule has 0 saturated carbocycles. The van der Waals surface area contributed by atoms with Gasteiger partial charge >= 0.3 is 0 Å². The molecular weight excluding hydrogens is 320 g/mol. The van der Waals surface area contributed by atoms with Crippen LogP contribution in [0.3, 0.4) is 0 Å². The summed E-state index contributed by atoms with van der Waals surface area (Å²) in [5.74, 6) is 2.65. The maximum absolute atomic E-state index is 11.5. The fourth-order valence-corrected chi connectivity index (χ4v) is 3.11. The van der Waals surface area contributed by atoms with Crippen LogP contribution in [-0.4, -0.2) is 5.11 Å². The van der Waals surface area contributed by atoms with Crippen molar-refractivity contribution in [1.29, 1.82) is 0 Å². The van der Waals surface area contributed by atoms with Gasteiger partial charge in [0.15, 0.2) is 0 Å². The Balaban J connectivity index is 1.69. The summed E-state index contributed by atoms with van der Waals surface area (Å²) in [4.78, 5) is 0. The predicted molar refractivity (Wildman–Crippen MR) is 88.9 cm³/mol. The molecule has 0 bridgehead atoms. The van der Waals surface area contributed by atoms with E-state index >= 15 is 0 Å². The van der Waals surface area contributed by atoms with Crippen LogP contribution in [0.25, 0.3) is 0 Å². The summed E-state index contributed by atoms with van der Waals surface area (Å²) in [5.41, 5.74) is -0.420. The first kappa shape index (κ1) is 15.6. The molecule has 0 spiro atoms. The Morgan fingerprint density at radius 3 is 1.76 bits per heavy atom. The van der Waals surface area contributed by atoms with E-state index in [0.29, 0.717) is 23.7 Å². The quantitative estimate of drug-likeness (QED) is 0.543. The van der Waals surface area contributed by atoms with Crippen molar-refractivity contribution in [2.45, 2.75) is 24.9 Å². The van der Waals surface area contributed by atoms with Crippen molar-refractivity contribution in [3.63, 3.8) is 0 Å². The van der Waals surface area contributed by atoms with Crippen LogP contribution in [0.4, 0.5) is 0 Å². The van der Waals surface area contributed by atoms with Crippen LogP contribution in [0.15, 0.2) is 85.2 Å². The van der Waals surface area contributed by atoms with E-state index in [1.807, 2.05) is 30.3 Å². The van der Waals surface area contributed by atoms with Gasteiger partial charge in [0.1, 0.15) is 28.6 Å². The lowest BCUT2D eigenvalue weighted by atomic mass is 9.87. The van der Waals surface area contributed by atoms with E-state index in [-0.39, 0.29) is 12.8 Å². The molecule has 0 aromatic carbocycles. The highest BCUT2D eigenvalue weighted by Gasteiger charge is 2.37. The van der Waals surface area contributed by atoms with Crippen molar-refractivity contribution in [3.8, 4) is 0 Å². The molecule has 0 saturated heterocycles. The second-order valence-electron chi connectivity index (χ2n) is 6.07. The van der Waals surface area contributed by atoms with E-state index in [4.69, 9.17) is 17.7 Å². The zero-order valence-electron chi connectivity index (χ0n) is 13.6. The Bertz CT molecular complexity index is 846. The largest absolute Gasteiger partial charge is 0.469 e. The normalized spacial score (nSPS) is 11.9. The van der Waals surface area contributed by atoms with Gasteiger partial charge in [0.05, 0.1) is 25.1 Å². The van der Waals surface area contributed by atoms with Crippen molar-refractivity contribution < 1.29 is 22.8 Å². The van der Waals surface area contributed by atoms with Gasteiger partial charge in [-0.25, -0.2) is 0 Å². The van der Waals surface area contributed by atoms with Crippen LogP contribution in [0.1, 0.15) is 28.6 Å². The molecule has 0 aliphatic rings. The summed E-state index contributed by atoms with van der Waals surface area (Å²) in [5, 5.41) is 11.5. The van der Waals surface area contributed by atoms with Crippen molar-refractivity contribution in [3.05, 3.63) is 96.1 Å². The molecule has 0 fully saturated rings. The summed E-state index contributed by atoms with van der Waals surface area (Å²) in [6.45, 7) is 0. The zero-order chi connectivity index (χ0) is 17.1. The van der Waals surface area contributed by atoms with Gasteiger partial charge in [-0.2, -0.15) is 0 Å². The van der Waals surface area contributed by atoms with E-state index in [1.165, 1.54) is 0 Å². The molecule has 0 aliphatic heterocycles. The lowest BCUT2D eigenvalue weighted by Gasteiger charge is -2.25. The van der Waals surface area contributed by atoms with Crippen LogP contribution in [0, 0.1) is 0 Å². The first-order valence-corrected chi connectivity index (χ1v) is 8.09. The first-order chi connectivity index (χ1) is 12.2. The molecule has 5 heteroatoms. The summed E-state index contributed by atoms with van der Waals surface area (Å²) >= 11 is 0. The van der Waals surface area contributed by atoms with Crippen LogP contribution in [-0.2, 0) is 24.9 Å². The average molecular weight is 338 g/mol. The molecule has 4 heterocycles. The molecule has 4 aromatic heterocycles. The van der Waals surface area contributed by atoms with E-state index < -0.39 is 5.60 Å². The zero-order valence-corrected chi connectivity index (χ0v) is 13.6. The van der Waals surface area contributed by atoms with Gasteiger partial charge in [-0.1, -0.05) is 0 Å². The Kier molecular flexibility index (Phi) is 4.07. The Hall–Kier alpha value is -2.92. The molecule has 0 aliphatic carbocycles. The molecule has 128 valence electrons. The summed E-state index contributed by atoms with van der Waals surface area (Å²) in [6.07, 6.45) is 7.50. The van der Waals surface area contributed by atoms with E-state index in [0.717, 1.165) is 11.3 Å². The van der Waals surface area contributed by atoms with Gasteiger partial charge in [0.2, 0.25) is 0 Å². The molecule has 25 heavy (non-hydrogen) atoms. The van der Waals surface area contributed by atoms with Gasteiger partial charge in [-0.15, -0.1) is 0 Å². The number of hydrogen-bond donors (Lipinski definition) is 1. The molecule has 0 amide bonds. The fraction of sp³-hybridized carbons (Fsp3) is 0.200. The highest BCUT2D eigenvalue weighted by Crippen LogP contribution is 2.34. The smallest absolute Gasteiger partial charge is 0.139 e. The summed E-state index contributed by atoms with van der Waals surface area (Å²) in [6, 6.07) is 12.9. The maximum Gasteiger partial charge on any atom is 0.139 e. The molecule has 1 N–H and O–H groups in total. The van der Waals surface area contributed by atoms with E-state index in [1.54, 1.807) is 37.2 Å². The van der Waals surface area contributed by atoms with Crippen molar-refractivity contribution in [1.82, 2.24) is 0 Å². The molecule has 4 aromatic rings. The SMILES string of the molecule is OC(Cc1ccco1)(Cc1ccco1)c1occc1Cc1ccco1. The predicted octanol–water partition coefficient (Wildman–Crippen LogP) is 4.32. The maximum atomic E-state index is 11.5. The molecular formula is C20H18O5. The van der Waals surface area contributed by atoms with Crippen molar-refractivity contribution in [2.24, 2.45) is 0 Å². The minimum atomic E-state index is -1.29. The van der Waals surface area contributed by atoms with Gasteiger partial charge in [0.25, 0.3) is 0 Å². The van der Waals surface area contributed by atoms with Gasteiger partial charge < -0.3 is 22.8 Å². The minimum absolute atomic E-state index is 0.277. The third-order valence-electron chi connectivity index (χ3n) is 4.21. The second kappa shape index (κ2) is 6.53. The monoisotopic (exact) mass is 338 g/mol. The molecule has 0 unspecified atom stereocenters. The Morgan fingerprint density at radius 2 is 1.24 bits per heavy atom. The Labute approximate surface area is 144 Å². The molecule has 4 rings (SSSR count). The average Bonchev–Trinajstić information content (AvgIpc) is 3.37. The first-order valence-electron chi connectivity index (χ1n) is 8.09. The van der Waals surface area contributed by atoms with Crippen LogP contribution >= 0.6 is 0 Å². The molecule has 0 radical (unpaired) electrons. The van der Waals surface area contributed by atoms with Gasteiger partial charge in [-0.3, -0.25) is 0 Å². The lowest BCUT2D eigenvalue weighted by molar-refractivity contribution is 0.00512. The number of furan rings is 4. The lowest BCUT2D eigenvalue weighted by Crippen LogP contribution is -2.31.